The Balaban J connectivity index is 1.77. The van der Waals surface area contributed by atoms with Crippen LogP contribution < -0.4 is 10.9 Å². The Bertz CT molecular complexity index is 1370. The molecule has 0 radical (unpaired) electrons. The first-order chi connectivity index (χ1) is 17.5. The van der Waals surface area contributed by atoms with Crippen LogP contribution in [-0.2, 0) is 0 Å². The molecule has 0 aliphatic carbocycles. The topological polar surface area (TPSA) is 221 Å². The number of non-ortho nitro benzene ring substituents is 2. The molecule has 2 N–H and O–H groups in total. The van der Waals surface area contributed by atoms with Crippen LogP contribution in [0.1, 0.15) is 24.3 Å². The van der Waals surface area contributed by atoms with Crippen LogP contribution in [-0.4, -0.2) is 31.1 Å². The van der Waals surface area contributed by atoms with Crippen molar-refractivity contribution in [3.8, 4) is 0 Å². The Morgan fingerprint density at radius 3 is 1.59 bits per heavy atom. The maximum atomic E-state index is 11.3. The van der Waals surface area contributed by atoms with Crippen LogP contribution in [0.2, 0.25) is 0 Å². The number of anilines is 2. The van der Waals surface area contributed by atoms with E-state index in [0.29, 0.717) is 21.9 Å². The molecule has 0 aliphatic heterocycles. The number of hydrazone groups is 2. The van der Waals surface area contributed by atoms with Crippen molar-refractivity contribution in [1.82, 2.24) is 0 Å². The lowest BCUT2D eigenvalue weighted by Crippen LogP contribution is -2.02. The van der Waals surface area contributed by atoms with E-state index in [1.165, 1.54) is 23.5 Å². The summed E-state index contributed by atoms with van der Waals surface area (Å²) in [5.41, 5.74) is 4.71. The summed E-state index contributed by atoms with van der Waals surface area (Å²) in [5, 5.41) is 54.3. The standard InChI is InChI=1S/C20H16N8O8S/c1-11(21-23-16-5-3-14(25(29)30)8-18(16)27(33)34)13-7-20(37-10-13)12(2)22-24-17-6-4-15(26(31)32)9-19(17)28(35)36/h3-10,23-24H,1-2H3. The number of nitrogens with zero attached hydrogens (tertiary/aromatic N) is 6. The number of hydrogen-bond donors (Lipinski definition) is 2. The van der Waals surface area contributed by atoms with Gasteiger partial charge in [-0.1, -0.05) is 0 Å². The first-order valence-electron chi connectivity index (χ1n) is 10.0. The van der Waals surface area contributed by atoms with Crippen molar-refractivity contribution in [3.05, 3.63) is 98.7 Å². The number of rotatable bonds is 10. The molecule has 0 amide bonds. The van der Waals surface area contributed by atoms with Crippen molar-refractivity contribution in [3.63, 3.8) is 0 Å². The second-order valence-electron chi connectivity index (χ2n) is 7.25. The Morgan fingerprint density at radius 2 is 1.16 bits per heavy atom. The minimum absolute atomic E-state index is 0.0293. The highest BCUT2D eigenvalue weighted by Crippen LogP contribution is 2.30. The second kappa shape index (κ2) is 11.0. The number of nitrogens with one attached hydrogen (secondary N) is 2. The van der Waals surface area contributed by atoms with Gasteiger partial charge in [0.1, 0.15) is 11.4 Å². The molecule has 1 aromatic heterocycles. The molecule has 0 spiro atoms. The van der Waals surface area contributed by atoms with Crippen molar-refractivity contribution >= 4 is 56.9 Å². The zero-order chi connectivity index (χ0) is 27.3. The third-order valence-corrected chi connectivity index (χ3v) is 5.88. The van der Waals surface area contributed by atoms with Gasteiger partial charge in [0, 0.05) is 23.1 Å². The van der Waals surface area contributed by atoms with E-state index < -0.39 is 42.4 Å². The monoisotopic (exact) mass is 528 g/mol. The first kappa shape index (κ1) is 26.3. The first-order valence-corrected chi connectivity index (χ1v) is 10.9. The molecule has 0 unspecified atom stereocenters. The summed E-state index contributed by atoms with van der Waals surface area (Å²) >= 11 is 1.29. The number of thiophene rings is 1. The summed E-state index contributed by atoms with van der Waals surface area (Å²) in [6, 6.07) is 7.99. The van der Waals surface area contributed by atoms with Crippen LogP contribution >= 0.6 is 11.3 Å². The average Bonchev–Trinajstić information content (AvgIpc) is 3.36. The number of nitro benzene ring substituents is 4. The van der Waals surface area contributed by atoms with E-state index in [9.17, 15) is 40.5 Å². The maximum Gasteiger partial charge on any atom is 0.301 e. The Hall–Kier alpha value is -5.32. The third kappa shape index (κ3) is 6.22. The predicted octanol–water partition coefficient (Wildman–Crippen LogP) is 5.05. The van der Waals surface area contributed by atoms with E-state index in [4.69, 9.17) is 0 Å². The summed E-state index contributed by atoms with van der Waals surface area (Å²) in [5.74, 6) is 0. The van der Waals surface area contributed by atoms with Gasteiger partial charge in [-0.25, -0.2) is 0 Å². The zero-order valence-corrected chi connectivity index (χ0v) is 19.8. The minimum atomic E-state index is -0.759. The SMILES string of the molecule is CC(=NNc1ccc([N+](=O)[O-])cc1[N+](=O)[O-])c1csc(C(C)=NNc2ccc([N+](=O)[O-])cc2[N+](=O)[O-])c1. The van der Waals surface area contributed by atoms with Gasteiger partial charge in [0.15, 0.2) is 0 Å². The van der Waals surface area contributed by atoms with Gasteiger partial charge in [0.25, 0.3) is 11.4 Å². The molecule has 0 fully saturated rings. The highest BCUT2D eigenvalue weighted by molar-refractivity contribution is 7.12. The van der Waals surface area contributed by atoms with Crippen LogP contribution in [0.4, 0.5) is 34.1 Å². The molecule has 37 heavy (non-hydrogen) atoms. The normalized spacial score (nSPS) is 11.6. The molecule has 0 saturated heterocycles. The van der Waals surface area contributed by atoms with Crippen LogP contribution in [0.5, 0.6) is 0 Å². The van der Waals surface area contributed by atoms with E-state index in [0.717, 1.165) is 24.3 Å². The second-order valence-corrected chi connectivity index (χ2v) is 8.16. The highest BCUT2D eigenvalue weighted by atomic mass is 32.1. The van der Waals surface area contributed by atoms with Crippen LogP contribution in [0, 0.1) is 40.5 Å². The van der Waals surface area contributed by atoms with E-state index >= 15 is 0 Å². The summed E-state index contributed by atoms with van der Waals surface area (Å²) in [6.07, 6.45) is 0. The van der Waals surface area contributed by atoms with Gasteiger partial charge < -0.3 is 0 Å². The lowest BCUT2D eigenvalue weighted by atomic mass is 10.2. The van der Waals surface area contributed by atoms with Crippen molar-refractivity contribution in [2.45, 2.75) is 13.8 Å². The number of hydrogen-bond acceptors (Lipinski definition) is 13. The maximum absolute atomic E-state index is 11.3. The van der Waals surface area contributed by atoms with E-state index in [-0.39, 0.29) is 11.4 Å². The molecule has 0 saturated carbocycles. The molecular weight excluding hydrogens is 512 g/mol. The molecule has 16 nitrogen and oxygen atoms in total. The van der Waals surface area contributed by atoms with E-state index in [2.05, 4.69) is 21.1 Å². The number of nitro groups is 4. The largest absolute Gasteiger partial charge is 0.301 e. The smallest absolute Gasteiger partial charge is 0.271 e. The summed E-state index contributed by atoms with van der Waals surface area (Å²) in [7, 11) is 0. The summed E-state index contributed by atoms with van der Waals surface area (Å²) in [6.45, 7) is 3.28. The quantitative estimate of drug-likeness (QED) is 0.202. The van der Waals surface area contributed by atoms with Crippen LogP contribution in [0.25, 0.3) is 0 Å². The van der Waals surface area contributed by atoms with Crippen molar-refractivity contribution < 1.29 is 19.7 Å². The molecule has 0 atom stereocenters. The average molecular weight is 528 g/mol. The lowest BCUT2D eigenvalue weighted by Gasteiger charge is -2.04. The zero-order valence-electron chi connectivity index (χ0n) is 19.0. The van der Waals surface area contributed by atoms with Crippen LogP contribution in [0.15, 0.2) is 58.0 Å². The summed E-state index contributed by atoms with van der Waals surface area (Å²) in [4.78, 5) is 42.0. The lowest BCUT2D eigenvalue weighted by molar-refractivity contribution is -0.393. The van der Waals surface area contributed by atoms with Gasteiger partial charge in [-0.05, 0) is 32.0 Å². The van der Waals surface area contributed by atoms with Gasteiger partial charge in [-0.15, -0.1) is 11.3 Å². The van der Waals surface area contributed by atoms with Gasteiger partial charge in [-0.2, -0.15) is 10.2 Å². The third-order valence-electron chi connectivity index (χ3n) is 4.84. The molecular formula is C20H16N8O8S. The molecule has 0 bridgehead atoms. The highest BCUT2D eigenvalue weighted by Gasteiger charge is 2.20. The Morgan fingerprint density at radius 1 is 0.703 bits per heavy atom. The molecule has 1 heterocycles. The summed E-state index contributed by atoms with van der Waals surface area (Å²) < 4.78 is 0. The van der Waals surface area contributed by atoms with Crippen molar-refractivity contribution in [1.29, 1.82) is 0 Å². The molecule has 190 valence electrons. The fourth-order valence-electron chi connectivity index (χ4n) is 2.88. The Kier molecular flexibility index (Phi) is 7.78. The number of benzene rings is 2. The fraction of sp³-hybridized carbons (Fsp3) is 0.100. The predicted molar refractivity (Wildman–Crippen MR) is 135 cm³/mol. The van der Waals surface area contributed by atoms with Crippen molar-refractivity contribution in [2.24, 2.45) is 10.2 Å². The van der Waals surface area contributed by atoms with Gasteiger partial charge >= 0.3 is 11.4 Å². The van der Waals surface area contributed by atoms with E-state index in [1.807, 2.05) is 0 Å². The fourth-order valence-corrected chi connectivity index (χ4v) is 3.79. The molecule has 17 heteroatoms. The van der Waals surface area contributed by atoms with Gasteiger partial charge in [0.2, 0.25) is 0 Å². The molecule has 2 aromatic carbocycles. The van der Waals surface area contributed by atoms with Crippen LogP contribution in [0.3, 0.4) is 0 Å². The van der Waals surface area contributed by atoms with Gasteiger partial charge in [0.05, 0.1) is 48.1 Å². The van der Waals surface area contributed by atoms with Crippen molar-refractivity contribution in [2.75, 3.05) is 10.9 Å². The molecule has 0 aliphatic rings. The van der Waals surface area contributed by atoms with E-state index in [1.54, 1.807) is 25.3 Å². The Labute approximate surface area is 210 Å². The molecule has 3 aromatic rings. The molecule has 3 rings (SSSR count). The van der Waals surface area contributed by atoms with Gasteiger partial charge in [-0.3, -0.25) is 51.3 Å². The minimum Gasteiger partial charge on any atom is -0.271 e.